The maximum atomic E-state index is 13.2. The molecule has 0 saturated carbocycles. The third-order valence-electron chi connectivity index (χ3n) is 4.79. The number of hydrogen-bond acceptors (Lipinski definition) is 5. The molecular weight excluding hydrogens is 561 g/mol. The van der Waals surface area contributed by atoms with E-state index in [-0.39, 0.29) is 18.3 Å². The Hall–Kier alpha value is -2.39. The van der Waals surface area contributed by atoms with Crippen LogP contribution in [0.5, 0.6) is 11.5 Å². The molecule has 0 atom stereocenters. The molecule has 1 aliphatic heterocycles. The fourth-order valence-electron chi connectivity index (χ4n) is 3.27. The number of halogens is 3. The van der Waals surface area contributed by atoms with E-state index in [1.165, 1.54) is 28.8 Å². The van der Waals surface area contributed by atoms with Gasteiger partial charge in [-0.05, 0) is 82.5 Å². The summed E-state index contributed by atoms with van der Waals surface area (Å²) in [5, 5.41) is 0.525. The lowest BCUT2D eigenvalue weighted by Gasteiger charge is -2.15. The third kappa shape index (κ3) is 5.63. The van der Waals surface area contributed by atoms with Crippen molar-refractivity contribution in [1.82, 2.24) is 0 Å². The van der Waals surface area contributed by atoms with Crippen LogP contribution in [0.2, 0.25) is 5.02 Å². The first-order valence-electron chi connectivity index (χ1n) is 10.2. The van der Waals surface area contributed by atoms with E-state index in [0.29, 0.717) is 42.5 Å². The number of carbonyl (C=O) groups is 1. The Morgan fingerprint density at radius 1 is 1.15 bits per heavy atom. The van der Waals surface area contributed by atoms with Gasteiger partial charge in [0.25, 0.3) is 5.91 Å². The van der Waals surface area contributed by atoms with Crippen molar-refractivity contribution in [1.29, 1.82) is 0 Å². The molecule has 1 fully saturated rings. The SMILES string of the molecule is CCOc1cc(/C=C2/SC(=S)N(c3cccc(Cl)c3)C2=O)cc(Br)c1OCc1ccc(F)cc1. The monoisotopic (exact) mass is 577 g/mol. The van der Waals surface area contributed by atoms with E-state index in [2.05, 4.69) is 15.9 Å². The number of amides is 1. The zero-order valence-electron chi connectivity index (χ0n) is 17.9. The second-order valence-electron chi connectivity index (χ2n) is 7.18. The molecule has 34 heavy (non-hydrogen) atoms. The summed E-state index contributed by atoms with van der Waals surface area (Å²) in [5.41, 5.74) is 2.19. The van der Waals surface area contributed by atoms with Gasteiger partial charge in [-0.2, -0.15) is 0 Å². The van der Waals surface area contributed by atoms with Crippen molar-refractivity contribution in [2.75, 3.05) is 11.5 Å². The van der Waals surface area contributed by atoms with E-state index in [0.717, 1.165) is 11.1 Å². The molecule has 1 heterocycles. The summed E-state index contributed by atoms with van der Waals surface area (Å²) in [4.78, 5) is 15.0. The number of rotatable bonds is 7. The maximum absolute atomic E-state index is 13.2. The minimum absolute atomic E-state index is 0.219. The molecule has 0 aromatic heterocycles. The van der Waals surface area contributed by atoms with Crippen molar-refractivity contribution in [3.8, 4) is 11.5 Å². The number of anilines is 1. The zero-order valence-corrected chi connectivity index (χ0v) is 21.9. The Balaban J connectivity index is 1.60. The molecule has 0 spiro atoms. The molecule has 4 nitrogen and oxygen atoms in total. The Morgan fingerprint density at radius 3 is 2.62 bits per heavy atom. The molecular formula is C25H18BrClFNO3S2. The molecule has 3 aromatic rings. The Bertz CT molecular complexity index is 1280. The number of ether oxygens (including phenoxy) is 2. The van der Waals surface area contributed by atoms with Gasteiger partial charge in [-0.1, -0.05) is 53.8 Å². The number of benzene rings is 3. The maximum Gasteiger partial charge on any atom is 0.270 e. The fraction of sp³-hybridized carbons (Fsp3) is 0.120. The Kier molecular flexibility index (Phi) is 7.93. The minimum atomic E-state index is -0.301. The van der Waals surface area contributed by atoms with Gasteiger partial charge in [-0.15, -0.1) is 0 Å². The van der Waals surface area contributed by atoms with E-state index in [4.69, 9.17) is 33.3 Å². The highest BCUT2D eigenvalue weighted by atomic mass is 79.9. The largest absolute Gasteiger partial charge is 0.490 e. The molecule has 3 aromatic carbocycles. The van der Waals surface area contributed by atoms with Gasteiger partial charge in [0, 0.05) is 5.02 Å². The van der Waals surface area contributed by atoms with Crippen LogP contribution in [-0.2, 0) is 11.4 Å². The predicted octanol–water partition coefficient (Wildman–Crippen LogP) is 7.63. The minimum Gasteiger partial charge on any atom is -0.490 e. The Labute approximate surface area is 219 Å². The van der Waals surface area contributed by atoms with Gasteiger partial charge >= 0.3 is 0 Å². The van der Waals surface area contributed by atoms with E-state index in [1.807, 2.05) is 13.0 Å². The van der Waals surface area contributed by atoms with Crippen LogP contribution in [0.25, 0.3) is 6.08 Å². The Morgan fingerprint density at radius 2 is 1.91 bits per heavy atom. The number of carbonyl (C=O) groups excluding carboxylic acids is 1. The van der Waals surface area contributed by atoms with Crippen LogP contribution in [0.1, 0.15) is 18.1 Å². The van der Waals surface area contributed by atoms with E-state index in [9.17, 15) is 9.18 Å². The fourth-order valence-corrected chi connectivity index (χ4v) is 5.33. The molecule has 0 bridgehead atoms. The quantitative estimate of drug-likeness (QED) is 0.213. The summed E-state index contributed by atoms with van der Waals surface area (Å²) in [6.45, 7) is 2.55. The number of thiocarbonyl (C=S) groups is 1. The highest BCUT2D eigenvalue weighted by Crippen LogP contribution is 2.41. The van der Waals surface area contributed by atoms with Gasteiger partial charge in [0.05, 0.1) is 21.7 Å². The highest BCUT2D eigenvalue weighted by Gasteiger charge is 2.33. The van der Waals surface area contributed by atoms with Crippen LogP contribution in [0, 0.1) is 5.82 Å². The second kappa shape index (κ2) is 10.9. The summed E-state index contributed by atoms with van der Waals surface area (Å²) in [6.07, 6.45) is 1.76. The van der Waals surface area contributed by atoms with Crippen molar-refractivity contribution in [2.45, 2.75) is 13.5 Å². The lowest BCUT2D eigenvalue weighted by Crippen LogP contribution is -2.27. The number of hydrogen-bond donors (Lipinski definition) is 0. The van der Waals surface area contributed by atoms with Crippen molar-refractivity contribution in [2.24, 2.45) is 0 Å². The molecule has 1 aliphatic rings. The average molecular weight is 579 g/mol. The summed E-state index contributed by atoms with van der Waals surface area (Å²) in [7, 11) is 0. The number of nitrogens with zero attached hydrogens (tertiary/aromatic N) is 1. The van der Waals surface area contributed by atoms with Gasteiger partial charge in [-0.25, -0.2) is 4.39 Å². The van der Waals surface area contributed by atoms with Crippen molar-refractivity contribution >= 4 is 73.5 Å². The summed E-state index contributed by atoms with van der Waals surface area (Å²) < 4.78 is 26.0. The summed E-state index contributed by atoms with van der Waals surface area (Å²) >= 11 is 16.3. The molecule has 174 valence electrons. The molecule has 4 rings (SSSR count). The highest BCUT2D eigenvalue weighted by molar-refractivity contribution is 9.10. The lowest BCUT2D eigenvalue weighted by atomic mass is 10.1. The first kappa shape index (κ1) is 24.7. The average Bonchev–Trinajstić information content (AvgIpc) is 3.07. The molecule has 1 saturated heterocycles. The van der Waals surface area contributed by atoms with E-state index in [1.54, 1.807) is 48.5 Å². The molecule has 0 N–H and O–H groups in total. The van der Waals surface area contributed by atoms with Crippen molar-refractivity contribution in [3.05, 3.63) is 92.0 Å². The number of thioether (sulfide) groups is 1. The van der Waals surface area contributed by atoms with Crippen LogP contribution in [0.4, 0.5) is 10.1 Å². The standard InChI is InChI=1S/C25H18BrClFNO3S2/c1-2-31-21-11-16(10-20(26)23(21)32-14-15-6-8-18(28)9-7-15)12-22-24(30)29(25(33)34-22)19-5-3-4-17(27)13-19/h3-13H,2,14H2,1H3/b22-12+. The van der Waals surface area contributed by atoms with Crippen LogP contribution in [0.15, 0.2) is 70.0 Å². The predicted molar refractivity (Wildman–Crippen MR) is 143 cm³/mol. The molecule has 0 aliphatic carbocycles. The zero-order chi connectivity index (χ0) is 24.2. The topological polar surface area (TPSA) is 38.8 Å². The first-order valence-corrected chi connectivity index (χ1v) is 12.6. The van der Waals surface area contributed by atoms with Crippen LogP contribution >= 0.6 is 51.5 Å². The van der Waals surface area contributed by atoms with Gasteiger partial charge in [0.1, 0.15) is 12.4 Å². The summed E-state index contributed by atoms with van der Waals surface area (Å²) in [5.74, 6) is 0.526. The lowest BCUT2D eigenvalue weighted by molar-refractivity contribution is -0.113. The normalized spacial score (nSPS) is 14.7. The van der Waals surface area contributed by atoms with Gasteiger partial charge in [0.15, 0.2) is 15.8 Å². The second-order valence-corrected chi connectivity index (χ2v) is 10.1. The van der Waals surface area contributed by atoms with Gasteiger partial charge < -0.3 is 9.47 Å². The van der Waals surface area contributed by atoms with E-state index < -0.39 is 0 Å². The van der Waals surface area contributed by atoms with Gasteiger partial charge in [0.2, 0.25) is 0 Å². The molecule has 1 amide bonds. The van der Waals surface area contributed by atoms with Crippen molar-refractivity contribution < 1.29 is 18.7 Å². The van der Waals surface area contributed by atoms with E-state index >= 15 is 0 Å². The van der Waals surface area contributed by atoms with Crippen molar-refractivity contribution in [3.63, 3.8) is 0 Å². The smallest absolute Gasteiger partial charge is 0.270 e. The van der Waals surface area contributed by atoms with Crippen LogP contribution in [0.3, 0.4) is 0 Å². The molecule has 0 unspecified atom stereocenters. The van der Waals surface area contributed by atoms with Crippen LogP contribution < -0.4 is 14.4 Å². The third-order valence-corrected chi connectivity index (χ3v) is 6.91. The first-order chi connectivity index (χ1) is 16.4. The molecule has 0 radical (unpaired) electrons. The summed E-state index contributed by atoms with van der Waals surface area (Å²) in [6, 6.07) is 16.8. The molecule has 9 heteroatoms. The van der Waals surface area contributed by atoms with Crippen LogP contribution in [-0.4, -0.2) is 16.8 Å². The van der Waals surface area contributed by atoms with Gasteiger partial charge in [-0.3, -0.25) is 9.69 Å².